The highest BCUT2D eigenvalue weighted by Gasteiger charge is 2.21. The molecule has 0 unspecified atom stereocenters. The normalized spacial score (nSPS) is 12.1. The lowest BCUT2D eigenvalue weighted by Crippen LogP contribution is -2.42. The number of ether oxygens (including phenoxy) is 1. The first-order chi connectivity index (χ1) is 14.0. The maximum Gasteiger partial charge on any atom is 0.337 e. The van der Waals surface area contributed by atoms with E-state index >= 15 is 0 Å². The Hall–Kier alpha value is -1.30. The molecule has 0 saturated heterocycles. The third-order valence-electron chi connectivity index (χ3n) is 4.70. The minimum Gasteiger partial charge on any atom is -0.392 e. The average molecular weight is 428 g/mol. The predicted molar refractivity (Wildman–Crippen MR) is 122 cm³/mol. The zero-order valence-electron chi connectivity index (χ0n) is 18.4. The van der Waals surface area contributed by atoms with Crippen LogP contribution >= 0.6 is 12.6 Å². The molecule has 0 aliphatic rings. The van der Waals surface area contributed by atoms with Crippen LogP contribution in [0, 0.1) is 0 Å². The Bertz CT molecular complexity index is 479. The number of amides is 1. The first-order valence-corrected chi connectivity index (χ1v) is 11.9. The lowest BCUT2D eigenvalue weighted by atomic mass is 10.1. The van der Waals surface area contributed by atoms with Crippen molar-refractivity contribution in [1.29, 1.82) is 0 Å². The minimum absolute atomic E-state index is 0.0954. The fraction of sp³-hybridized carbons (Fsp3) is 0.783. The van der Waals surface area contributed by atoms with Gasteiger partial charge in [-0.3, -0.25) is 9.59 Å². The van der Waals surface area contributed by atoms with Gasteiger partial charge in [0.05, 0.1) is 0 Å². The van der Waals surface area contributed by atoms with Crippen molar-refractivity contribution in [3.8, 4) is 0 Å². The Morgan fingerprint density at radius 1 is 0.862 bits per heavy atom. The monoisotopic (exact) mass is 427 g/mol. The first-order valence-electron chi connectivity index (χ1n) is 11.3. The summed E-state index contributed by atoms with van der Waals surface area (Å²) in [5.74, 6) is -1.55. The van der Waals surface area contributed by atoms with Crippen LogP contribution in [0.1, 0.15) is 104 Å². The van der Waals surface area contributed by atoms with Crippen LogP contribution in [-0.2, 0) is 19.1 Å². The summed E-state index contributed by atoms with van der Waals surface area (Å²) in [4.78, 5) is 34.5. The van der Waals surface area contributed by atoms with Gasteiger partial charge in [0.2, 0.25) is 5.91 Å². The van der Waals surface area contributed by atoms with Gasteiger partial charge in [-0.05, 0) is 32.1 Å². The fourth-order valence-electron chi connectivity index (χ4n) is 3.00. The SMILES string of the molecule is CCCCCCCCCC=CCCCCCCC(=O)OC(=O)[C@H](CS)NC(C)=O. The van der Waals surface area contributed by atoms with Crippen LogP contribution in [0.5, 0.6) is 0 Å². The topological polar surface area (TPSA) is 72.5 Å². The number of hydrogen-bond donors (Lipinski definition) is 2. The highest BCUT2D eigenvalue weighted by atomic mass is 32.1. The van der Waals surface area contributed by atoms with Crippen molar-refractivity contribution in [2.45, 2.75) is 110 Å². The first kappa shape index (κ1) is 27.7. The smallest absolute Gasteiger partial charge is 0.337 e. The lowest BCUT2D eigenvalue weighted by Gasteiger charge is -2.13. The van der Waals surface area contributed by atoms with Crippen molar-refractivity contribution in [2.24, 2.45) is 0 Å². The van der Waals surface area contributed by atoms with Crippen LogP contribution < -0.4 is 5.32 Å². The van der Waals surface area contributed by atoms with Gasteiger partial charge in [0.15, 0.2) is 0 Å². The van der Waals surface area contributed by atoms with Crippen LogP contribution in [-0.4, -0.2) is 29.6 Å². The summed E-state index contributed by atoms with van der Waals surface area (Å²) in [7, 11) is 0. The lowest BCUT2D eigenvalue weighted by molar-refractivity contribution is -0.161. The van der Waals surface area contributed by atoms with E-state index in [1.54, 1.807) is 0 Å². The number of nitrogens with one attached hydrogen (secondary N) is 1. The molecule has 0 spiro atoms. The van der Waals surface area contributed by atoms with Crippen molar-refractivity contribution in [3.05, 3.63) is 12.2 Å². The van der Waals surface area contributed by atoms with Gasteiger partial charge in [-0.2, -0.15) is 12.6 Å². The molecule has 0 bridgehead atoms. The fourth-order valence-corrected chi connectivity index (χ4v) is 3.24. The highest BCUT2D eigenvalue weighted by molar-refractivity contribution is 7.80. The molecule has 168 valence electrons. The Balaban J connectivity index is 3.54. The maximum atomic E-state index is 11.8. The molecule has 5 nitrogen and oxygen atoms in total. The summed E-state index contributed by atoms with van der Waals surface area (Å²) < 4.78 is 4.77. The molecule has 0 heterocycles. The zero-order chi connectivity index (χ0) is 21.7. The van der Waals surface area contributed by atoms with Gasteiger partial charge >= 0.3 is 11.9 Å². The average Bonchev–Trinajstić information content (AvgIpc) is 2.68. The summed E-state index contributed by atoms with van der Waals surface area (Å²) in [5, 5.41) is 2.41. The number of esters is 2. The molecule has 0 aliphatic heterocycles. The number of thiol groups is 1. The van der Waals surface area contributed by atoms with Crippen molar-refractivity contribution in [2.75, 3.05) is 5.75 Å². The zero-order valence-corrected chi connectivity index (χ0v) is 19.3. The van der Waals surface area contributed by atoms with Crippen molar-refractivity contribution >= 4 is 30.5 Å². The number of rotatable bonds is 18. The minimum atomic E-state index is -0.882. The molecule has 0 aromatic carbocycles. The largest absolute Gasteiger partial charge is 0.392 e. The molecular weight excluding hydrogens is 386 g/mol. The van der Waals surface area contributed by atoms with E-state index in [9.17, 15) is 14.4 Å². The van der Waals surface area contributed by atoms with E-state index in [1.165, 1.54) is 58.3 Å². The molecule has 6 heteroatoms. The van der Waals surface area contributed by atoms with Gasteiger partial charge in [-0.1, -0.05) is 70.4 Å². The molecule has 0 fully saturated rings. The summed E-state index contributed by atoms with van der Waals surface area (Å²) >= 11 is 3.98. The second-order valence-corrected chi connectivity index (χ2v) is 7.93. The van der Waals surface area contributed by atoms with E-state index in [1.807, 2.05) is 0 Å². The van der Waals surface area contributed by atoms with E-state index in [2.05, 4.69) is 37.0 Å². The van der Waals surface area contributed by atoms with E-state index in [-0.39, 0.29) is 18.1 Å². The molecule has 29 heavy (non-hydrogen) atoms. The molecule has 0 radical (unpaired) electrons. The van der Waals surface area contributed by atoms with Crippen LogP contribution in [0.25, 0.3) is 0 Å². The predicted octanol–water partition coefficient (Wildman–Crippen LogP) is 5.53. The number of allylic oxidation sites excluding steroid dienone is 2. The van der Waals surface area contributed by atoms with Crippen LogP contribution in [0.2, 0.25) is 0 Å². The number of carbonyl (C=O) groups excluding carboxylic acids is 3. The maximum absolute atomic E-state index is 11.8. The van der Waals surface area contributed by atoms with Crippen LogP contribution in [0.4, 0.5) is 0 Å². The number of unbranched alkanes of at least 4 members (excludes halogenated alkanes) is 11. The Morgan fingerprint density at radius 3 is 1.90 bits per heavy atom. The standard InChI is InChI=1S/C23H41NO4S/c1-3-4-5-6-7-8-9-10-11-12-13-14-15-16-17-18-22(26)28-23(27)21(19-29)24-20(2)25/h11-12,21,29H,3-10,13-19H2,1-2H3,(H,24,25)/t21-/m0/s1. The second-order valence-electron chi connectivity index (χ2n) is 7.56. The summed E-state index contributed by atoms with van der Waals surface area (Å²) in [6, 6.07) is -0.882. The summed E-state index contributed by atoms with van der Waals surface area (Å²) in [6.45, 7) is 3.55. The molecular formula is C23H41NO4S. The molecule has 0 saturated carbocycles. The second kappa shape index (κ2) is 20.0. The van der Waals surface area contributed by atoms with Gasteiger partial charge in [-0.15, -0.1) is 0 Å². The van der Waals surface area contributed by atoms with Crippen molar-refractivity contribution < 1.29 is 19.1 Å². The van der Waals surface area contributed by atoms with Crippen molar-refractivity contribution in [3.63, 3.8) is 0 Å². The van der Waals surface area contributed by atoms with Crippen LogP contribution in [0.15, 0.2) is 12.2 Å². The molecule has 1 N–H and O–H groups in total. The quantitative estimate of drug-likeness (QED) is 0.0992. The Morgan fingerprint density at radius 2 is 1.38 bits per heavy atom. The summed E-state index contributed by atoms with van der Waals surface area (Å²) in [6.07, 6.45) is 20.3. The third-order valence-corrected chi connectivity index (χ3v) is 5.07. The number of carbonyl (C=O) groups is 3. The van der Waals surface area contributed by atoms with Gasteiger partial charge in [0.1, 0.15) is 6.04 Å². The molecule has 0 rings (SSSR count). The molecule has 0 aromatic heterocycles. The molecule has 0 aliphatic carbocycles. The van der Waals surface area contributed by atoms with Gasteiger partial charge < -0.3 is 10.1 Å². The van der Waals surface area contributed by atoms with Gasteiger partial charge in [-0.25, -0.2) is 4.79 Å². The molecule has 1 atom stereocenters. The van der Waals surface area contributed by atoms with E-state index in [0.717, 1.165) is 25.7 Å². The summed E-state index contributed by atoms with van der Waals surface area (Å²) in [5.41, 5.74) is 0. The highest BCUT2D eigenvalue weighted by Crippen LogP contribution is 2.10. The van der Waals surface area contributed by atoms with Crippen LogP contribution in [0.3, 0.4) is 0 Å². The molecule has 1 amide bonds. The van der Waals surface area contributed by atoms with E-state index < -0.39 is 18.0 Å². The van der Waals surface area contributed by atoms with E-state index in [0.29, 0.717) is 6.42 Å². The van der Waals surface area contributed by atoms with Gasteiger partial charge in [0, 0.05) is 19.1 Å². The third kappa shape index (κ3) is 18.5. The Labute approximate surface area is 182 Å². The molecule has 0 aromatic rings. The van der Waals surface area contributed by atoms with Crippen molar-refractivity contribution in [1.82, 2.24) is 5.32 Å². The number of hydrogen-bond acceptors (Lipinski definition) is 5. The van der Waals surface area contributed by atoms with E-state index in [4.69, 9.17) is 4.74 Å². The Kier molecular flexibility index (Phi) is 19.1. The van der Waals surface area contributed by atoms with Gasteiger partial charge in [0.25, 0.3) is 0 Å².